The molecule has 5 nitrogen and oxygen atoms in total. The van der Waals surface area contributed by atoms with Crippen LogP contribution >= 0.6 is 23.2 Å². The second kappa shape index (κ2) is 7.00. The predicted molar refractivity (Wildman–Crippen MR) is 83.9 cm³/mol. The van der Waals surface area contributed by atoms with Crippen LogP contribution in [-0.2, 0) is 4.79 Å². The van der Waals surface area contributed by atoms with Crippen molar-refractivity contribution in [2.75, 3.05) is 32.0 Å². The normalized spacial score (nSPS) is 14.4. The molecule has 1 aromatic rings. The molecule has 114 valence electrons. The van der Waals surface area contributed by atoms with E-state index < -0.39 is 0 Å². The number of halogens is 2. The Kier molecular flexibility index (Phi) is 5.31. The van der Waals surface area contributed by atoms with Crippen molar-refractivity contribution in [3.05, 3.63) is 28.2 Å². The number of hydrogen-bond donors (Lipinski definition) is 1. The van der Waals surface area contributed by atoms with Crippen LogP contribution in [0.25, 0.3) is 0 Å². The highest BCUT2D eigenvalue weighted by molar-refractivity contribution is 6.35. The molecule has 1 heterocycles. The average molecular weight is 330 g/mol. The van der Waals surface area contributed by atoms with E-state index >= 15 is 0 Å². The molecule has 0 aromatic heterocycles. The molecule has 3 amide bonds. The highest BCUT2D eigenvalue weighted by Gasteiger charge is 2.20. The molecular weight excluding hydrogens is 313 g/mol. The summed E-state index contributed by atoms with van der Waals surface area (Å²) in [4.78, 5) is 26.9. The Balaban J connectivity index is 1.87. The fourth-order valence-corrected chi connectivity index (χ4v) is 2.45. The first-order chi connectivity index (χ1) is 9.97. The molecule has 0 unspecified atom stereocenters. The molecule has 1 fully saturated rings. The van der Waals surface area contributed by atoms with E-state index in [-0.39, 0.29) is 11.9 Å². The standard InChI is InChI=1S/C14H17Cl2N3O2/c1-18(7-8-19-6-2-3-13(19)20)14(21)17-12-9-10(15)4-5-11(12)16/h4-5,9H,2-3,6-8H2,1H3,(H,17,21). The molecule has 0 saturated carbocycles. The quantitative estimate of drug-likeness (QED) is 0.922. The second-order valence-corrected chi connectivity index (χ2v) is 5.80. The smallest absolute Gasteiger partial charge is 0.321 e. The summed E-state index contributed by atoms with van der Waals surface area (Å²) in [5.41, 5.74) is 0.471. The number of carbonyl (C=O) groups excluding carboxylic acids is 2. The van der Waals surface area contributed by atoms with Crippen molar-refractivity contribution in [1.82, 2.24) is 9.80 Å². The van der Waals surface area contributed by atoms with E-state index in [9.17, 15) is 9.59 Å². The molecule has 1 aliphatic heterocycles. The maximum atomic E-state index is 12.1. The van der Waals surface area contributed by atoms with Crippen LogP contribution in [0.1, 0.15) is 12.8 Å². The van der Waals surface area contributed by atoms with Crippen molar-refractivity contribution in [1.29, 1.82) is 0 Å². The first-order valence-electron chi connectivity index (χ1n) is 6.72. The van der Waals surface area contributed by atoms with Crippen molar-refractivity contribution in [2.24, 2.45) is 0 Å². The highest BCUT2D eigenvalue weighted by atomic mass is 35.5. The SMILES string of the molecule is CN(CCN1CCCC1=O)C(=O)Nc1cc(Cl)ccc1Cl. The summed E-state index contributed by atoms with van der Waals surface area (Å²) in [6, 6.07) is 4.59. The molecule has 0 atom stereocenters. The Morgan fingerprint density at radius 3 is 2.86 bits per heavy atom. The summed E-state index contributed by atoms with van der Waals surface area (Å²) >= 11 is 11.9. The molecule has 1 aliphatic rings. The number of anilines is 1. The van der Waals surface area contributed by atoms with Gasteiger partial charge in [-0.3, -0.25) is 4.79 Å². The first kappa shape index (κ1) is 15.9. The molecule has 0 spiro atoms. The number of carbonyl (C=O) groups is 2. The van der Waals surface area contributed by atoms with E-state index in [0.29, 0.717) is 35.2 Å². The molecular formula is C14H17Cl2N3O2. The summed E-state index contributed by atoms with van der Waals surface area (Å²) < 4.78 is 0. The van der Waals surface area contributed by atoms with Gasteiger partial charge in [-0.15, -0.1) is 0 Å². The van der Waals surface area contributed by atoms with E-state index in [1.165, 1.54) is 4.90 Å². The van der Waals surface area contributed by atoms with Gasteiger partial charge in [0.05, 0.1) is 10.7 Å². The van der Waals surface area contributed by atoms with Crippen molar-refractivity contribution in [3.8, 4) is 0 Å². The summed E-state index contributed by atoms with van der Waals surface area (Å²) in [6.45, 7) is 1.79. The second-order valence-electron chi connectivity index (χ2n) is 4.96. The van der Waals surface area contributed by atoms with Gasteiger partial charge in [0, 0.05) is 38.1 Å². The van der Waals surface area contributed by atoms with Crippen molar-refractivity contribution in [2.45, 2.75) is 12.8 Å². The van der Waals surface area contributed by atoms with E-state index in [1.54, 1.807) is 30.1 Å². The lowest BCUT2D eigenvalue weighted by molar-refractivity contribution is -0.127. The van der Waals surface area contributed by atoms with E-state index in [4.69, 9.17) is 23.2 Å². The van der Waals surface area contributed by atoms with Gasteiger partial charge in [-0.1, -0.05) is 23.2 Å². The van der Waals surface area contributed by atoms with Crippen LogP contribution in [0, 0.1) is 0 Å². The van der Waals surface area contributed by atoms with Gasteiger partial charge < -0.3 is 15.1 Å². The molecule has 1 aromatic carbocycles. The number of urea groups is 1. The van der Waals surface area contributed by atoms with E-state index in [0.717, 1.165) is 13.0 Å². The van der Waals surface area contributed by atoms with Crippen LogP contribution in [0.5, 0.6) is 0 Å². The zero-order chi connectivity index (χ0) is 15.4. The summed E-state index contributed by atoms with van der Waals surface area (Å²) in [6.07, 6.45) is 1.50. The van der Waals surface area contributed by atoms with E-state index in [2.05, 4.69) is 5.32 Å². The van der Waals surface area contributed by atoms with Crippen molar-refractivity contribution >= 4 is 40.8 Å². The van der Waals surface area contributed by atoms with Gasteiger partial charge in [-0.25, -0.2) is 4.79 Å². The number of hydrogen-bond acceptors (Lipinski definition) is 2. The summed E-state index contributed by atoms with van der Waals surface area (Å²) in [5.74, 6) is 0.154. The van der Waals surface area contributed by atoms with Crippen LogP contribution in [0.2, 0.25) is 10.0 Å². The Hall–Kier alpha value is -1.46. The van der Waals surface area contributed by atoms with Crippen LogP contribution in [-0.4, -0.2) is 48.4 Å². The number of nitrogens with zero attached hydrogens (tertiary/aromatic N) is 2. The third-order valence-corrected chi connectivity index (χ3v) is 3.96. The minimum absolute atomic E-state index is 0.154. The third kappa shape index (κ3) is 4.25. The van der Waals surface area contributed by atoms with Gasteiger partial charge in [0.2, 0.25) is 5.91 Å². The zero-order valence-corrected chi connectivity index (χ0v) is 13.2. The molecule has 21 heavy (non-hydrogen) atoms. The molecule has 1 saturated heterocycles. The first-order valence-corrected chi connectivity index (χ1v) is 7.48. The van der Waals surface area contributed by atoms with Crippen LogP contribution in [0.15, 0.2) is 18.2 Å². The fourth-order valence-electron chi connectivity index (χ4n) is 2.12. The number of rotatable bonds is 4. The third-order valence-electron chi connectivity index (χ3n) is 3.39. The molecule has 0 bridgehead atoms. The Labute approximate surface area is 133 Å². The van der Waals surface area contributed by atoms with E-state index in [1.807, 2.05) is 0 Å². The lowest BCUT2D eigenvalue weighted by Crippen LogP contribution is -2.38. The molecule has 0 radical (unpaired) electrons. The predicted octanol–water partition coefficient (Wildman–Crippen LogP) is 3.08. The average Bonchev–Trinajstić information content (AvgIpc) is 2.85. The monoisotopic (exact) mass is 329 g/mol. The molecule has 7 heteroatoms. The van der Waals surface area contributed by atoms with Gasteiger partial charge in [-0.05, 0) is 24.6 Å². The van der Waals surface area contributed by atoms with Gasteiger partial charge in [0.25, 0.3) is 0 Å². The maximum Gasteiger partial charge on any atom is 0.321 e. The van der Waals surface area contributed by atoms with Crippen molar-refractivity contribution in [3.63, 3.8) is 0 Å². The molecule has 0 aliphatic carbocycles. The zero-order valence-electron chi connectivity index (χ0n) is 11.7. The highest BCUT2D eigenvalue weighted by Crippen LogP contribution is 2.25. The minimum atomic E-state index is -0.286. The lowest BCUT2D eigenvalue weighted by atomic mass is 10.3. The molecule has 1 N–H and O–H groups in total. The van der Waals surface area contributed by atoms with Crippen LogP contribution in [0.4, 0.5) is 10.5 Å². The van der Waals surface area contributed by atoms with Crippen LogP contribution in [0.3, 0.4) is 0 Å². The van der Waals surface area contributed by atoms with Gasteiger partial charge in [0.15, 0.2) is 0 Å². The fraction of sp³-hybridized carbons (Fsp3) is 0.429. The van der Waals surface area contributed by atoms with Gasteiger partial charge in [-0.2, -0.15) is 0 Å². The maximum absolute atomic E-state index is 12.1. The Bertz CT molecular complexity index is 551. The Morgan fingerprint density at radius 1 is 1.43 bits per heavy atom. The number of nitrogens with one attached hydrogen (secondary N) is 1. The largest absolute Gasteiger partial charge is 0.341 e. The van der Waals surface area contributed by atoms with Crippen molar-refractivity contribution < 1.29 is 9.59 Å². The number of likely N-dealkylation sites (N-methyl/N-ethyl adjacent to an activating group) is 1. The summed E-state index contributed by atoms with van der Waals surface area (Å²) in [7, 11) is 1.67. The number of benzene rings is 1. The Morgan fingerprint density at radius 2 is 2.19 bits per heavy atom. The van der Waals surface area contributed by atoms with Gasteiger partial charge >= 0.3 is 6.03 Å². The minimum Gasteiger partial charge on any atom is -0.341 e. The van der Waals surface area contributed by atoms with Crippen LogP contribution < -0.4 is 5.32 Å². The number of likely N-dealkylation sites (tertiary alicyclic amines) is 1. The lowest BCUT2D eigenvalue weighted by Gasteiger charge is -2.22. The van der Waals surface area contributed by atoms with Gasteiger partial charge in [0.1, 0.15) is 0 Å². The summed E-state index contributed by atoms with van der Waals surface area (Å²) in [5, 5.41) is 3.63. The number of amides is 3. The topological polar surface area (TPSA) is 52.7 Å². The molecule has 2 rings (SSSR count).